The quantitative estimate of drug-likeness (QED) is 0.630. The Kier molecular flexibility index (Phi) is 2.74. The summed E-state index contributed by atoms with van der Waals surface area (Å²) in [6.45, 7) is 0. The smallest absolute Gasteiger partial charge is 0.388 e. The highest BCUT2D eigenvalue weighted by Crippen LogP contribution is 2.44. The van der Waals surface area contributed by atoms with Crippen molar-refractivity contribution in [1.82, 2.24) is 0 Å². The Morgan fingerprint density at radius 3 is 2.40 bits per heavy atom. The molecule has 102 valence electrons. The third-order valence-electron chi connectivity index (χ3n) is 3.14. The molecule has 2 aromatic carbocycles. The van der Waals surface area contributed by atoms with Crippen LogP contribution in [0.4, 0.5) is 11.4 Å². The molecule has 0 atom stereocenters. The van der Waals surface area contributed by atoms with Gasteiger partial charge in [0.25, 0.3) is 0 Å². The molecule has 0 saturated heterocycles. The second-order valence-corrected chi connectivity index (χ2v) is 4.63. The Morgan fingerprint density at radius 1 is 1.10 bits per heavy atom. The molecule has 2 aromatic rings. The molecule has 0 bridgehead atoms. The maximum Gasteiger partial charge on any atom is 0.388 e. The monoisotopic (exact) mass is 274 g/mol. The largest absolute Gasteiger partial charge is 0.483 e. The topological polar surface area (TPSA) is 95.5 Å². The second kappa shape index (κ2) is 4.44. The van der Waals surface area contributed by atoms with Gasteiger partial charge in [0.15, 0.2) is 0 Å². The average molecular weight is 274 g/mol. The maximum absolute atomic E-state index is 11.2. The fraction of sp³-hybridized carbons (Fsp3) is 0.231. The molecule has 1 aliphatic carbocycles. The molecule has 20 heavy (non-hydrogen) atoms. The molecule has 1 saturated carbocycles. The van der Waals surface area contributed by atoms with Crippen molar-refractivity contribution in [3.8, 4) is 5.75 Å². The predicted molar refractivity (Wildman–Crippen MR) is 70.9 cm³/mol. The van der Waals surface area contributed by atoms with E-state index in [1.807, 2.05) is 0 Å². The van der Waals surface area contributed by atoms with Crippen molar-refractivity contribution in [2.75, 3.05) is 0 Å². The number of nitrogens with zero attached hydrogens (tertiary/aromatic N) is 2. The molecule has 0 aliphatic heterocycles. The molecular weight excluding hydrogens is 264 g/mol. The van der Waals surface area contributed by atoms with E-state index in [1.165, 1.54) is 6.07 Å². The van der Waals surface area contributed by atoms with Gasteiger partial charge in [-0.1, -0.05) is 24.3 Å². The summed E-state index contributed by atoms with van der Waals surface area (Å²) in [5.41, 5.74) is -1.11. The zero-order chi connectivity index (χ0) is 14.3. The number of rotatable bonds is 4. The van der Waals surface area contributed by atoms with Gasteiger partial charge in [-0.25, -0.2) is 0 Å². The van der Waals surface area contributed by atoms with Crippen molar-refractivity contribution < 1.29 is 14.6 Å². The Bertz CT molecular complexity index is 724. The van der Waals surface area contributed by atoms with Crippen LogP contribution >= 0.6 is 0 Å². The SMILES string of the molecule is O=[N+]([O-])c1cc2ccccc2c(OC2CC2)c1[N+](=O)[O-]. The fourth-order valence-electron chi connectivity index (χ4n) is 2.08. The highest BCUT2D eigenvalue weighted by atomic mass is 16.6. The van der Waals surface area contributed by atoms with Crippen molar-refractivity contribution in [2.45, 2.75) is 18.9 Å². The number of hydrogen-bond acceptors (Lipinski definition) is 5. The third kappa shape index (κ3) is 2.03. The number of nitro benzene ring substituents is 2. The molecule has 7 heteroatoms. The highest BCUT2D eigenvalue weighted by Gasteiger charge is 2.35. The summed E-state index contributed by atoms with van der Waals surface area (Å²) in [5, 5.41) is 23.4. The molecule has 0 unspecified atom stereocenters. The van der Waals surface area contributed by atoms with Gasteiger partial charge in [-0.3, -0.25) is 20.2 Å². The van der Waals surface area contributed by atoms with Gasteiger partial charge in [-0.15, -0.1) is 0 Å². The first-order valence-electron chi connectivity index (χ1n) is 6.09. The van der Waals surface area contributed by atoms with Crippen LogP contribution in [0.2, 0.25) is 0 Å². The second-order valence-electron chi connectivity index (χ2n) is 4.63. The van der Waals surface area contributed by atoms with Crippen molar-refractivity contribution in [3.63, 3.8) is 0 Å². The molecule has 0 heterocycles. The van der Waals surface area contributed by atoms with E-state index >= 15 is 0 Å². The Hall–Kier alpha value is -2.70. The van der Waals surface area contributed by atoms with E-state index in [0.717, 1.165) is 12.8 Å². The number of nitro groups is 2. The van der Waals surface area contributed by atoms with E-state index in [4.69, 9.17) is 4.74 Å². The lowest BCUT2D eigenvalue weighted by atomic mass is 10.1. The van der Waals surface area contributed by atoms with Crippen molar-refractivity contribution in [3.05, 3.63) is 50.6 Å². The summed E-state index contributed by atoms with van der Waals surface area (Å²) in [4.78, 5) is 20.8. The van der Waals surface area contributed by atoms with Crippen LogP contribution in [-0.2, 0) is 0 Å². The van der Waals surface area contributed by atoms with Crippen LogP contribution in [0.25, 0.3) is 10.8 Å². The Balaban J connectivity index is 2.34. The minimum Gasteiger partial charge on any atom is -0.483 e. The van der Waals surface area contributed by atoms with Gasteiger partial charge in [-0.2, -0.15) is 0 Å². The summed E-state index contributed by atoms with van der Waals surface area (Å²) in [6, 6.07) is 8.00. The number of fused-ring (bicyclic) bond motifs is 1. The molecule has 1 aliphatic rings. The van der Waals surface area contributed by atoms with Crippen LogP contribution in [0.1, 0.15) is 12.8 Å². The van der Waals surface area contributed by atoms with Crippen LogP contribution in [0, 0.1) is 20.2 Å². The third-order valence-corrected chi connectivity index (χ3v) is 3.14. The lowest BCUT2D eigenvalue weighted by Gasteiger charge is -2.09. The van der Waals surface area contributed by atoms with Gasteiger partial charge in [0.2, 0.25) is 5.75 Å². The van der Waals surface area contributed by atoms with E-state index in [1.54, 1.807) is 24.3 Å². The fourth-order valence-corrected chi connectivity index (χ4v) is 2.08. The zero-order valence-corrected chi connectivity index (χ0v) is 10.3. The van der Waals surface area contributed by atoms with E-state index in [9.17, 15) is 20.2 Å². The summed E-state index contributed by atoms with van der Waals surface area (Å²) in [6.07, 6.45) is 1.54. The van der Waals surface area contributed by atoms with E-state index in [0.29, 0.717) is 10.8 Å². The van der Waals surface area contributed by atoms with E-state index < -0.39 is 21.2 Å². The molecule has 0 amide bonds. The average Bonchev–Trinajstić information content (AvgIpc) is 3.21. The number of hydrogen-bond donors (Lipinski definition) is 0. The van der Waals surface area contributed by atoms with E-state index in [-0.39, 0.29) is 11.9 Å². The molecule has 0 radical (unpaired) electrons. The maximum atomic E-state index is 11.2. The highest BCUT2D eigenvalue weighted by molar-refractivity contribution is 5.95. The van der Waals surface area contributed by atoms with Crippen LogP contribution in [-0.4, -0.2) is 16.0 Å². The summed E-state index contributed by atoms with van der Waals surface area (Å²) >= 11 is 0. The van der Waals surface area contributed by atoms with Crippen LogP contribution in [0.3, 0.4) is 0 Å². The molecule has 3 rings (SSSR count). The minimum absolute atomic E-state index is 0.00213. The van der Waals surface area contributed by atoms with Crippen LogP contribution in [0.5, 0.6) is 5.75 Å². The van der Waals surface area contributed by atoms with Gasteiger partial charge in [0.1, 0.15) is 0 Å². The predicted octanol–water partition coefficient (Wildman–Crippen LogP) is 3.20. The van der Waals surface area contributed by atoms with E-state index in [2.05, 4.69) is 0 Å². The number of ether oxygens (including phenoxy) is 1. The number of benzene rings is 2. The first-order chi connectivity index (χ1) is 9.58. The molecule has 1 fully saturated rings. The van der Waals surface area contributed by atoms with Crippen molar-refractivity contribution in [2.24, 2.45) is 0 Å². The Morgan fingerprint density at radius 2 is 1.80 bits per heavy atom. The summed E-state index contributed by atoms with van der Waals surface area (Å²) in [7, 11) is 0. The Labute approximate surface area is 113 Å². The summed E-state index contributed by atoms with van der Waals surface area (Å²) in [5.74, 6) is 0.00213. The molecule has 0 spiro atoms. The van der Waals surface area contributed by atoms with Crippen molar-refractivity contribution >= 4 is 22.1 Å². The van der Waals surface area contributed by atoms with Crippen LogP contribution in [0.15, 0.2) is 30.3 Å². The van der Waals surface area contributed by atoms with Gasteiger partial charge in [-0.05, 0) is 18.2 Å². The molecule has 0 aromatic heterocycles. The van der Waals surface area contributed by atoms with Gasteiger partial charge < -0.3 is 4.74 Å². The molecule has 0 N–H and O–H groups in total. The zero-order valence-electron chi connectivity index (χ0n) is 10.3. The normalized spacial score (nSPS) is 14.2. The molecule has 7 nitrogen and oxygen atoms in total. The van der Waals surface area contributed by atoms with Gasteiger partial charge >= 0.3 is 11.4 Å². The van der Waals surface area contributed by atoms with Crippen molar-refractivity contribution in [1.29, 1.82) is 0 Å². The lowest BCUT2D eigenvalue weighted by molar-refractivity contribution is -0.422. The van der Waals surface area contributed by atoms with Crippen LogP contribution < -0.4 is 4.74 Å². The lowest BCUT2D eigenvalue weighted by Crippen LogP contribution is -2.04. The molecular formula is C13H10N2O5. The van der Waals surface area contributed by atoms with Gasteiger partial charge in [0, 0.05) is 11.5 Å². The summed E-state index contributed by atoms with van der Waals surface area (Å²) < 4.78 is 5.58. The minimum atomic E-state index is -0.748. The van der Waals surface area contributed by atoms with Gasteiger partial charge in [0.05, 0.1) is 16.0 Å². The standard InChI is InChI=1S/C13H10N2O5/c16-14(17)11-7-8-3-1-2-4-10(8)13(12(11)15(18)19)20-9-5-6-9/h1-4,7,9H,5-6H2. The first kappa shape index (κ1) is 12.3. The first-order valence-corrected chi connectivity index (χ1v) is 6.09.